The average molecular weight is 246 g/mol. The van der Waals surface area contributed by atoms with Crippen LogP contribution in [0, 0.1) is 11.3 Å². The zero-order valence-electron chi connectivity index (χ0n) is 10.7. The molecule has 0 aliphatic carbocycles. The molecule has 0 saturated carbocycles. The van der Waals surface area contributed by atoms with Crippen LogP contribution >= 0.6 is 0 Å². The summed E-state index contributed by atoms with van der Waals surface area (Å²) in [5, 5.41) is 20.9. The van der Waals surface area contributed by atoms with Crippen LogP contribution in [0.15, 0.2) is 24.3 Å². The Morgan fingerprint density at radius 1 is 1.33 bits per heavy atom. The maximum Gasteiger partial charge on any atom is 0.251 e. The molecule has 0 atom stereocenters. The lowest BCUT2D eigenvalue weighted by atomic mass is 9.93. The monoisotopic (exact) mass is 246 g/mol. The summed E-state index contributed by atoms with van der Waals surface area (Å²) in [6.07, 6.45) is 1.34. The number of nitrogens with one attached hydrogen (secondary N) is 1. The smallest absolute Gasteiger partial charge is 0.251 e. The van der Waals surface area contributed by atoms with Crippen molar-refractivity contribution in [1.29, 1.82) is 5.26 Å². The van der Waals surface area contributed by atoms with Gasteiger partial charge in [0.1, 0.15) is 0 Å². The summed E-state index contributed by atoms with van der Waals surface area (Å²) in [7, 11) is 0. The highest BCUT2D eigenvalue weighted by Gasteiger charge is 2.27. The summed E-state index contributed by atoms with van der Waals surface area (Å²) in [4.78, 5) is 12.0. The van der Waals surface area contributed by atoms with Crippen LogP contribution in [0.5, 0.6) is 0 Å². The summed E-state index contributed by atoms with van der Waals surface area (Å²) in [5.74, 6) is -0.225. The molecular weight excluding hydrogens is 228 g/mol. The van der Waals surface area contributed by atoms with E-state index < -0.39 is 5.54 Å². The molecule has 96 valence electrons. The number of rotatable bonds is 5. The van der Waals surface area contributed by atoms with E-state index >= 15 is 0 Å². The zero-order chi connectivity index (χ0) is 13.6. The maximum atomic E-state index is 12.0. The van der Waals surface area contributed by atoms with Gasteiger partial charge in [-0.25, -0.2) is 0 Å². The highest BCUT2D eigenvalue weighted by atomic mass is 16.3. The van der Waals surface area contributed by atoms with Crippen LogP contribution < -0.4 is 5.32 Å². The van der Waals surface area contributed by atoms with E-state index in [-0.39, 0.29) is 12.5 Å². The molecule has 0 radical (unpaired) electrons. The zero-order valence-corrected chi connectivity index (χ0v) is 10.7. The number of amides is 1. The lowest BCUT2D eigenvalue weighted by Crippen LogP contribution is -2.50. The molecule has 1 amide bonds. The molecule has 0 bridgehead atoms. The third-order valence-corrected chi connectivity index (χ3v) is 3.31. The van der Waals surface area contributed by atoms with Gasteiger partial charge < -0.3 is 10.4 Å². The van der Waals surface area contributed by atoms with Gasteiger partial charge in [0.2, 0.25) is 0 Å². The molecule has 2 N–H and O–H groups in total. The molecule has 0 aromatic heterocycles. The van der Waals surface area contributed by atoms with Crippen molar-refractivity contribution in [3.05, 3.63) is 35.4 Å². The average Bonchev–Trinajstić information content (AvgIpc) is 2.45. The van der Waals surface area contributed by atoms with E-state index in [4.69, 9.17) is 5.26 Å². The molecule has 0 unspecified atom stereocenters. The second-order valence-corrected chi connectivity index (χ2v) is 4.29. The normalized spacial score (nSPS) is 10.8. The van der Waals surface area contributed by atoms with Crippen molar-refractivity contribution in [1.82, 2.24) is 5.32 Å². The fourth-order valence-corrected chi connectivity index (χ4v) is 1.70. The maximum absolute atomic E-state index is 12.0. The minimum Gasteiger partial charge on any atom is -0.394 e. The van der Waals surface area contributed by atoms with Crippen LogP contribution in [0.4, 0.5) is 0 Å². The summed E-state index contributed by atoms with van der Waals surface area (Å²) in [6.45, 7) is 3.78. The summed E-state index contributed by atoms with van der Waals surface area (Å²) >= 11 is 0. The molecule has 1 aromatic carbocycles. The number of carbonyl (C=O) groups is 1. The molecule has 0 heterocycles. The molecule has 1 rings (SSSR count). The van der Waals surface area contributed by atoms with Crippen LogP contribution in [-0.4, -0.2) is 23.2 Å². The van der Waals surface area contributed by atoms with Gasteiger partial charge in [0.25, 0.3) is 5.91 Å². The van der Waals surface area contributed by atoms with Crippen molar-refractivity contribution in [2.75, 3.05) is 6.61 Å². The van der Waals surface area contributed by atoms with Crippen molar-refractivity contribution in [2.24, 2.45) is 0 Å². The first-order chi connectivity index (χ1) is 8.60. The first-order valence-corrected chi connectivity index (χ1v) is 6.04. The lowest BCUT2D eigenvalue weighted by Gasteiger charge is -2.30. The number of nitrogens with zero attached hydrogens (tertiary/aromatic N) is 1. The van der Waals surface area contributed by atoms with Gasteiger partial charge in [-0.3, -0.25) is 4.79 Å². The lowest BCUT2D eigenvalue weighted by molar-refractivity contribution is 0.0818. The molecule has 0 saturated heterocycles. The Hall–Kier alpha value is -1.86. The van der Waals surface area contributed by atoms with Crippen LogP contribution in [0.25, 0.3) is 0 Å². The second-order valence-electron chi connectivity index (χ2n) is 4.29. The number of nitriles is 1. The van der Waals surface area contributed by atoms with E-state index in [1.54, 1.807) is 24.3 Å². The highest BCUT2D eigenvalue weighted by Crippen LogP contribution is 2.15. The number of carbonyl (C=O) groups excluding carboxylic acids is 1. The van der Waals surface area contributed by atoms with Gasteiger partial charge in [-0.05, 0) is 37.1 Å². The number of hydrogen-bond donors (Lipinski definition) is 2. The van der Waals surface area contributed by atoms with Crippen molar-refractivity contribution in [3.63, 3.8) is 0 Å². The van der Waals surface area contributed by atoms with E-state index in [9.17, 15) is 9.90 Å². The molecule has 0 aliphatic heterocycles. The molecule has 0 aliphatic rings. The Morgan fingerprint density at radius 3 is 2.28 bits per heavy atom. The number of aliphatic hydroxyl groups is 1. The van der Waals surface area contributed by atoms with E-state index in [1.807, 2.05) is 19.9 Å². The minimum atomic E-state index is -0.565. The van der Waals surface area contributed by atoms with Gasteiger partial charge in [0, 0.05) is 5.56 Å². The molecule has 0 spiro atoms. The van der Waals surface area contributed by atoms with Gasteiger partial charge in [-0.15, -0.1) is 0 Å². The minimum absolute atomic E-state index is 0.0813. The van der Waals surface area contributed by atoms with E-state index in [2.05, 4.69) is 5.32 Å². The number of aliphatic hydroxyl groups excluding tert-OH is 1. The van der Waals surface area contributed by atoms with Gasteiger partial charge in [-0.1, -0.05) is 13.8 Å². The van der Waals surface area contributed by atoms with Crippen LogP contribution in [-0.2, 0) is 0 Å². The number of hydrogen-bond acceptors (Lipinski definition) is 3. The fraction of sp³-hybridized carbons (Fsp3) is 0.429. The predicted molar refractivity (Wildman–Crippen MR) is 69.0 cm³/mol. The van der Waals surface area contributed by atoms with Crippen LogP contribution in [0.1, 0.15) is 42.6 Å². The Bertz CT molecular complexity index is 434. The molecule has 4 nitrogen and oxygen atoms in total. The van der Waals surface area contributed by atoms with Crippen molar-refractivity contribution in [2.45, 2.75) is 32.2 Å². The standard InChI is InChI=1S/C14H18N2O2/c1-3-14(4-2,10-17)16-13(18)12-7-5-11(9-15)6-8-12/h5-8,17H,3-4,10H2,1-2H3,(H,16,18). The fourth-order valence-electron chi connectivity index (χ4n) is 1.70. The SMILES string of the molecule is CCC(CC)(CO)NC(=O)c1ccc(C#N)cc1. The van der Waals surface area contributed by atoms with Crippen molar-refractivity contribution in [3.8, 4) is 6.07 Å². The van der Waals surface area contributed by atoms with E-state index in [0.29, 0.717) is 24.0 Å². The van der Waals surface area contributed by atoms with Crippen molar-refractivity contribution >= 4 is 5.91 Å². The van der Waals surface area contributed by atoms with Gasteiger partial charge >= 0.3 is 0 Å². The molecule has 1 aromatic rings. The van der Waals surface area contributed by atoms with E-state index in [1.165, 1.54) is 0 Å². The molecule has 4 heteroatoms. The van der Waals surface area contributed by atoms with E-state index in [0.717, 1.165) is 0 Å². The topological polar surface area (TPSA) is 73.1 Å². The summed E-state index contributed by atoms with van der Waals surface area (Å²) < 4.78 is 0. The molecule has 0 fully saturated rings. The summed E-state index contributed by atoms with van der Waals surface area (Å²) in [5.41, 5.74) is 0.449. The third kappa shape index (κ3) is 3.08. The largest absolute Gasteiger partial charge is 0.394 e. The second kappa shape index (κ2) is 6.18. The number of benzene rings is 1. The van der Waals surface area contributed by atoms with Crippen LogP contribution in [0.2, 0.25) is 0 Å². The van der Waals surface area contributed by atoms with Gasteiger partial charge in [-0.2, -0.15) is 5.26 Å². The molecular formula is C14H18N2O2. The van der Waals surface area contributed by atoms with Gasteiger partial charge in [0.15, 0.2) is 0 Å². The highest BCUT2D eigenvalue weighted by molar-refractivity contribution is 5.94. The Kier molecular flexibility index (Phi) is 4.87. The third-order valence-electron chi connectivity index (χ3n) is 3.31. The predicted octanol–water partition coefficient (Wildman–Crippen LogP) is 1.84. The quantitative estimate of drug-likeness (QED) is 0.832. The molecule has 18 heavy (non-hydrogen) atoms. The summed E-state index contributed by atoms with van der Waals surface area (Å²) in [6, 6.07) is 8.44. The first kappa shape index (κ1) is 14.2. The van der Waals surface area contributed by atoms with Crippen LogP contribution in [0.3, 0.4) is 0 Å². The Morgan fingerprint density at radius 2 is 1.89 bits per heavy atom. The van der Waals surface area contributed by atoms with Crippen molar-refractivity contribution < 1.29 is 9.90 Å². The Labute approximate surface area is 107 Å². The Balaban J connectivity index is 2.84. The van der Waals surface area contributed by atoms with Gasteiger partial charge in [0.05, 0.1) is 23.8 Å². The first-order valence-electron chi connectivity index (χ1n) is 6.04.